The maximum atomic E-state index is 13.7. The number of hydrogen-bond acceptors (Lipinski definition) is 7. The van der Waals surface area contributed by atoms with Gasteiger partial charge in [-0.2, -0.15) is 0 Å². The lowest BCUT2D eigenvalue weighted by Gasteiger charge is -2.25. The molecule has 6 nitrogen and oxygen atoms in total. The van der Waals surface area contributed by atoms with E-state index < -0.39 is 12.0 Å². The van der Waals surface area contributed by atoms with Crippen LogP contribution in [-0.4, -0.2) is 29.5 Å². The van der Waals surface area contributed by atoms with E-state index in [1.54, 1.807) is 43.2 Å². The molecule has 0 fully saturated rings. The molecule has 1 aliphatic rings. The normalized spacial score (nSPS) is 15.5. The Kier molecular flexibility index (Phi) is 7.96. The second kappa shape index (κ2) is 11.1. The molecule has 0 unspecified atom stereocenters. The highest BCUT2D eigenvalue weighted by molar-refractivity contribution is 7.98. The van der Waals surface area contributed by atoms with Crippen molar-refractivity contribution >= 4 is 35.1 Å². The summed E-state index contributed by atoms with van der Waals surface area (Å²) < 4.78 is 13.3. The predicted molar refractivity (Wildman–Crippen MR) is 145 cm³/mol. The number of rotatable bonds is 8. The second-order valence-corrected chi connectivity index (χ2v) is 10.4. The van der Waals surface area contributed by atoms with Gasteiger partial charge in [-0.05, 0) is 68.5 Å². The number of benzene rings is 2. The zero-order valence-corrected chi connectivity index (χ0v) is 22.3. The highest BCUT2D eigenvalue weighted by Crippen LogP contribution is 2.32. The van der Waals surface area contributed by atoms with E-state index in [2.05, 4.69) is 11.6 Å². The molecule has 4 rings (SSSR count). The van der Waals surface area contributed by atoms with Crippen LogP contribution in [0.5, 0.6) is 5.75 Å². The summed E-state index contributed by atoms with van der Waals surface area (Å²) in [5.74, 6) is 0.226. The van der Waals surface area contributed by atoms with E-state index in [1.165, 1.54) is 11.3 Å². The molecule has 1 aromatic heterocycles. The van der Waals surface area contributed by atoms with Crippen LogP contribution in [0.25, 0.3) is 6.08 Å². The first-order valence-corrected chi connectivity index (χ1v) is 13.6. The SMILES string of the molecule is C=CCOc1cccc(/C=c2\sc3n(c2=O)[C@H](c2ccc(SC)cc2)C(C(=O)OC(C)C)=C(C)N=3)c1. The predicted octanol–water partition coefficient (Wildman–Crippen LogP) is 4.47. The Morgan fingerprint density at radius 2 is 2.00 bits per heavy atom. The molecule has 0 radical (unpaired) electrons. The van der Waals surface area contributed by atoms with Crippen LogP contribution < -0.4 is 19.6 Å². The minimum Gasteiger partial charge on any atom is -0.490 e. The van der Waals surface area contributed by atoms with Crippen molar-refractivity contribution in [1.82, 2.24) is 4.57 Å². The molecule has 0 spiro atoms. The Labute approximate surface area is 218 Å². The molecule has 0 amide bonds. The second-order valence-electron chi connectivity index (χ2n) is 8.48. The van der Waals surface area contributed by atoms with Crippen molar-refractivity contribution < 1.29 is 14.3 Å². The van der Waals surface area contributed by atoms with Crippen molar-refractivity contribution in [1.29, 1.82) is 0 Å². The lowest BCUT2D eigenvalue weighted by molar-refractivity contribution is -0.143. The van der Waals surface area contributed by atoms with Crippen molar-refractivity contribution in [2.24, 2.45) is 4.99 Å². The van der Waals surface area contributed by atoms with E-state index in [0.717, 1.165) is 16.0 Å². The topological polar surface area (TPSA) is 69.9 Å². The van der Waals surface area contributed by atoms with E-state index in [9.17, 15) is 9.59 Å². The maximum absolute atomic E-state index is 13.7. The Morgan fingerprint density at radius 3 is 2.67 bits per heavy atom. The molecule has 186 valence electrons. The molecule has 1 aliphatic heterocycles. The maximum Gasteiger partial charge on any atom is 0.338 e. The molecule has 8 heteroatoms. The van der Waals surface area contributed by atoms with Gasteiger partial charge in [0.2, 0.25) is 0 Å². The van der Waals surface area contributed by atoms with Gasteiger partial charge in [0, 0.05) is 4.90 Å². The number of thiazole rings is 1. The number of nitrogens with zero attached hydrogens (tertiary/aromatic N) is 2. The van der Waals surface area contributed by atoms with Crippen LogP contribution in [0.2, 0.25) is 0 Å². The molecular formula is C28H28N2O4S2. The number of carbonyl (C=O) groups is 1. The molecule has 36 heavy (non-hydrogen) atoms. The summed E-state index contributed by atoms with van der Waals surface area (Å²) in [6.07, 6.45) is 5.22. The van der Waals surface area contributed by atoms with Crippen LogP contribution in [0, 0.1) is 0 Å². The van der Waals surface area contributed by atoms with Crippen molar-refractivity contribution in [2.45, 2.75) is 37.8 Å². The fraction of sp³-hybridized carbons (Fsp3) is 0.250. The molecular weight excluding hydrogens is 492 g/mol. The number of aromatic nitrogens is 1. The van der Waals surface area contributed by atoms with E-state index >= 15 is 0 Å². The number of fused-ring (bicyclic) bond motifs is 1. The van der Waals surface area contributed by atoms with Crippen molar-refractivity contribution in [3.05, 3.63) is 103 Å². The molecule has 2 aromatic carbocycles. The fourth-order valence-electron chi connectivity index (χ4n) is 3.96. The standard InChI is InChI=1S/C28H28N2O4S2/c1-6-14-33-21-9-7-8-19(15-21)16-23-26(31)30-25(20-10-12-22(35-5)13-11-20)24(27(32)34-17(2)3)18(4)29-28(30)36-23/h6-13,15-17,25H,1,14H2,2-5H3/b23-16-/t25-/m1/s1. The number of carbonyl (C=O) groups excluding carboxylic acids is 1. The van der Waals surface area contributed by atoms with Gasteiger partial charge < -0.3 is 9.47 Å². The minimum atomic E-state index is -0.632. The van der Waals surface area contributed by atoms with E-state index in [4.69, 9.17) is 9.47 Å². The monoisotopic (exact) mass is 520 g/mol. The third-order valence-corrected chi connectivity index (χ3v) is 7.27. The third-order valence-electron chi connectivity index (χ3n) is 5.54. The first kappa shape index (κ1) is 25.7. The van der Waals surface area contributed by atoms with E-state index in [1.807, 2.05) is 60.9 Å². The van der Waals surface area contributed by atoms with Crippen LogP contribution in [0.3, 0.4) is 0 Å². The van der Waals surface area contributed by atoms with Crippen molar-refractivity contribution in [3.8, 4) is 5.75 Å². The zero-order valence-electron chi connectivity index (χ0n) is 20.7. The van der Waals surface area contributed by atoms with E-state index in [-0.39, 0.29) is 11.7 Å². The summed E-state index contributed by atoms with van der Waals surface area (Å²) in [6.45, 7) is 9.47. The number of ether oxygens (including phenoxy) is 2. The van der Waals surface area contributed by atoms with Gasteiger partial charge >= 0.3 is 5.97 Å². The van der Waals surface area contributed by atoms with Gasteiger partial charge in [0.15, 0.2) is 4.80 Å². The number of allylic oxidation sites excluding steroid dienone is 1. The van der Waals surface area contributed by atoms with Crippen molar-refractivity contribution in [2.75, 3.05) is 12.9 Å². The van der Waals surface area contributed by atoms with Crippen LogP contribution in [-0.2, 0) is 9.53 Å². The molecule has 1 atom stereocenters. The lowest BCUT2D eigenvalue weighted by atomic mass is 9.96. The molecule has 0 bridgehead atoms. The highest BCUT2D eigenvalue weighted by Gasteiger charge is 2.33. The van der Waals surface area contributed by atoms with E-state index in [0.29, 0.717) is 33.0 Å². The molecule has 0 saturated heterocycles. The highest BCUT2D eigenvalue weighted by atomic mass is 32.2. The van der Waals surface area contributed by atoms with Crippen LogP contribution in [0.1, 0.15) is 37.9 Å². The lowest BCUT2D eigenvalue weighted by Crippen LogP contribution is -2.40. The summed E-state index contributed by atoms with van der Waals surface area (Å²) >= 11 is 2.93. The average molecular weight is 521 g/mol. The minimum absolute atomic E-state index is 0.211. The smallest absolute Gasteiger partial charge is 0.338 e. The number of thioether (sulfide) groups is 1. The first-order valence-electron chi connectivity index (χ1n) is 11.5. The molecule has 2 heterocycles. The molecule has 0 aliphatic carbocycles. The van der Waals surface area contributed by atoms with Crippen molar-refractivity contribution in [3.63, 3.8) is 0 Å². The largest absolute Gasteiger partial charge is 0.490 e. The van der Waals surface area contributed by atoms with Gasteiger partial charge in [-0.25, -0.2) is 9.79 Å². The van der Waals surface area contributed by atoms with Gasteiger partial charge in [-0.3, -0.25) is 9.36 Å². The Hall–Kier alpha value is -3.36. The van der Waals surface area contributed by atoms with Crippen LogP contribution in [0.4, 0.5) is 0 Å². The molecule has 0 N–H and O–H groups in total. The average Bonchev–Trinajstić information content (AvgIpc) is 3.15. The summed E-state index contributed by atoms with van der Waals surface area (Å²) in [4.78, 5) is 33.2. The quantitative estimate of drug-likeness (QED) is 0.249. The summed E-state index contributed by atoms with van der Waals surface area (Å²) in [6, 6.07) is 14.8. The Balaban J connectivity index is 1.87. The van der Waals surface area contributed by atoms with Crippen LogP contribution in [0.15, 0.2) is 87.1 Å². The number of hydrogen-bond donors (Lipinski definition) is 0. The third kappa shape index (κ3) is 5.39. The van der Waals surface area contributed by atoms with Gasteiger partial charge in [0.05, 0.1) is 27.9 Å². The Bertz CT molecular complexity index is 1500. The summed E-state index contributed by atoms with van der Waals surface area (Å²) in [7, 11) is 0. The van der Waals surface area contributed by atoms with Gasteiger partial charge in [-0.15, -0.1) is 11.8 Å². The summed E-state index contributed by atoms with van der Waals surface area (Å²) in [5.41, 5.74) is 2.37. The fourth-order valence-corrected chi connectivity index (χ4v) is 5.42. The molecule has 3 aromatic rings. The number of esters is 1. The summed E-state index contributed by atoms with van der Waals surface area (Å²) in [5, 5.41) is 0. The van der Waals surface area contributed by atoms with Gasteiger partial charge in [0.1, 0.15) is 12.4 Å². The zero-order chi connectivity index (χ0) is 25.8. The van der Waals surface area contributed by atoms with Crippen LogP contribution >= 0.6 is 23.1 Å². The Morgan fingerprint density at radius 1 is 1.25 bits per heavy atom. The van der Waals surface area contributed by atoms with Gasteiger partial charge in [0.25, 0.3) is 5.56 Å². The first-order chi connectivity index (χ1) is 17.3. The molecule has 0 saturated carbocycles. The van der Waals surface area contributed by atoms with Gasteiger partial charge in [-0.1, -0.05) is 48.3 Å².